The zero-order valence-corrected chi connectivity index (χ0v) is 9.59. The quantitative estimate of drug-likeness (QED) is 0.667. The number of nitrogens with one attached hydrogen (secondary N) is 2. The molecule has 0 aromatic carbocycles. The maximum absolute atomic E-state index is 10.9. The molecule has 94 valence electrons. The predicted molar refractivity (Wildman–Crippen MR) is 59.3 cm³/mol. The number of carbonyl (C=O) groups is 1. The smallest absolute Gasteiger partial charge is 0.320 e. The van der Waals surface area contributed by atoms with Crippen LogP contribution < -0.4 is 5.32 Å². The van der Waals surface area contributed by atoms with E-state index in [1.165, 1.54) is 0 Å². The third-order valence-electron chi connectivity index (χ3n) is 3.21. The van der Waals surface area contributed by atoms with Crippen LogP contribution in [0.3, 0.4) is 0 Å². The van der Waals surface area contributed by atoms with Crippen molar-refractivity contribution in [1.29, 1.82) is 0 Å². The number of hydrogen-bond donors (Lipinski definition) is 3. The number of nitrogens with zero attached hydrogens (tertiary/aromatic N) is 3. The summed E-state index contributed by atoms with van der Waals surface area (Å²) in [6.07, 6.45) is 4.59. The summed E-state index contributed by atoms with van der Waals surface area (Å²) < 4.78 is 0. The van der Waals surface area contributed by atoms with Crippen molar-refractivity contribution >= 4 is 5.97 Å². The lowest BCUT2D eigenvalue weighted by molar-refractivity contribution is -0.140. The van der Waals surface area contributed by atoms with Crippen LogP contribution in [-0.2, 0) is 11.2 Å². The molecule has 1 saturated heterocycles. The normalized spacial score (nSPS) is 24.7. The van der Waals surface area contributed by atoms with Crippen LogP contribution in [0, 0.1) is 5.92 Å². The lowest BCUT2D eigenvalue weighted by atomic mass is 9.88. The molecule has 0 spiro atoms. The van der Waals surface area contributed by atoms with Crippen molar-refractivity contribution in [2.45, 2.75) is 38.1 Å². The second-order valence-electron chi connectivity index (χ2n) is 4.46. The number of piperidine rings is 1. The van der Waals surface area contributed by atoms with E-state index in [4.69, 9.17) is 5.11 Å². The minimum Gasteiger partial charge on any atom is -0.480 e. The van der Waals surface area contributed by atoms with Gasteiger partial charge in [-0.15, -0.1) is 10.2 Å². The Morgan fingerprint density at radius 3 is 3.12 bits per heavy atom. The molecule has 2 rings (SSSR count). The average molecular weight is 239 g/mol. The topological polar surface area (TPSA) is 104 Å². The van der Waals surface area contributed by atoms with Crippen molar-refractivity contribution in [2.75, 3.05) is 6.54 Å². The van der Waals surface area contributed by atoms with Gasteiger partial charge in [0, 0.05) is 6.42 Å². The highest BCUT2D eigenvalue weighted by Crippen LogP contribution is 2.22. The van der Waals surface area contributed by atoms with E-state index >= 15 is 0 Å². The van der Waals surface area contributed by atoms with Crippen LogP contribution >= 0.6 is 0 Å². The zero-order chi connectivity index (χ0) is 12.1. The molecule has 1 fully saturated rings. The van der Waals surface area contributed by atoms with Crippen molar-refractivity contribution < 1.29 is 9.90 Å². The average Bonchev–Trinajstić information content (AvgIpc) is 2.82. The standard InChI is InChI=1S/C10H17N5O2/c16-10(17)8-6-7(4-5-11-8)2-1-3-9-12-14-15-13-9/h7-8,11H,1-6H2,(H,16,17)(H,12,13,14,15)/t7-,8+/m1/s1. The molecule has 0 aliphatic carbocycles. The molecule has 7 heteroatoms. The highest BCUT2D eigenvalue weighted by molar-refractivity contribution is 5.73. The highest BCUT2D eigenvalue weighted by atomic mass is 16.4. The Morgan fingerprint density at radius 1 is 1.53 bits per heavy atom. The van der Waals surface area contributed by atoms with E-state index in [2.05, 4.69) is 25.9 Å². The summed E-state index contributed by atoms with van der Waals surface area (Å²) in [5, 5.41) is 25.6. The van der Waals surface area contributed by atoms with Gasteiger partial charge in [-0.2, -0.15) is 5.21 Å². The van der Waals surface area contributed by atoms with Gasteiger partial charge in [0.1, 0.15) is 6.04 Å². The lowest BCUT2D eigenvalue weighted by Gasteiger charge is -2.27. The van der Waals surface area contributed by atoms with Crippen LogP contribution in [-0.4, -0.2) is 44.3 Å². The van der Waals surface area contributed by atoms with Gasteiger partial charge in [0.25, 0.3) is 0 Å². The van der Waals surface area contributed by atoms with Crippen molar-refractivity contribution in [3.63, 3.8) is 0 Å². The fourth-order valence-corrected chi connectivity index (χ4v) is 2.28. The molecule has 2 atom stereocenters. The molecule has 1 aliphatic heterocycles. The second-order valence-corrected chi connectivity index (χ2v) is 4.46. The van der Waals surface area contributed by atoms with Crippen LogP contribution in [0.2, 0.25) is 0 Å². The number of aromatic nitrogens is 4. The number of aryl methyl sites for hydroxylation is 1. The number of aliphatic carboxylic acids is 1. The largest absolute Gasteiger partial charge is 0.480 e. The van der Waals surface area contributed by atoms with E-state index in [1.807, 2.05) is 0 Å². The third kappa shape index (κ3) is 3.48. The van der Waals surface area contributed by atoms with Crippen molar-refractivity contribution in [1.82, 2.24) is 25.9 Å². The van der Waals surface area contributed by atoms with Gasteiger partial charge in [0.15, 0.2) is 5.82 Å². The highest BCUT2D eigenvalue weighted by Gasteiger charge is 2.25. The molecule has 17 heavy (non-hydrogen) atoms. The van der Waals surface area contributed by atoms with Crippen LogP contribution in [0.1, 0.15) is 31.5 Å². The molecule has 7 nitrogen and oxygen atoms in total. The monoisotopic (exact) mass is 239 g/mol. The molecule has 3 N–H and O–H groups in total. The summed E-state index contributed by atoms with van der Waals surface area (Å²) in [7, 11) is 0. The van der Waals surface area contributed by atoms with Gasteiger partial charge >= 0.3 is 5.97 Å². The summed E-state index contributed by atoms with van der Waals surface area (Å²) in [6, 6.07) is -0.376. The van der Waals surface area contributed by atoms with Crippen molar-refractivity contribution in [3.05, 3.63) is 5.82 Å². The summed E-state index contributed by atoms with van der Waals surface area (Å²) in [6.45, 7) is 0.795. The molecule has 1 aromatic rings. The Kier molecular flexibility index (Phi) is 4.03. The van der Waals surface area contributed by atoms with Crippen molar-refractivity contribution in [2.24, 2.45) is 5.92 Å². The molecular formula is C10H17N5O2. The number of hydrogen-bond acceptors (Lipinski definition) is 5. The number of rotatable bonds is 5. The zero-order valence-electron chi connectivity index (χ0n) is 9.59. The summed E-state index contributed by atoms with van der Waals surface area (Å²) in [5.74, 6) is 0.478. The van der Waals surface area contributed by atoms with E-state index in [1.54, 1.807) is 0 Å². The van der Waals surface area contributed by atoms with E-state index in [9.17, 15) is 4.79 Å². The first-order chi connectivity index (χ1) is 8.25. The molecule has 0 radical (unpaired) electrons. The van der Waals surface area contributed by atoms with Crippen LogP contribution in [0.25, 0.3) is 0 Å². The Hall–Kier alpha value is -1.50. The summed E-state index contributed by atoms with van der Waals surface area (Å²) >= 11 is 0. The van der Waals surface area contributed by atoms with Gasteiger partial charge < -0.3 is 10.4 Å². The molecule has 0 bridgehead atoms. The molecule has 1 aromatic heterocycles. The van der Waals surface area contributed by atoms with Gasteiger partial charge in [-0.3, -0.25) is 4.79 Å². The maximum atomic E-state index is 10.9. The van der Waals surface area contributed by atoms with Gasteiger partial charge in [0.05, 0.1) is 0 Å². The van der Waals surface area contributed by atoms with Gasteiger partial charge in [0.2, 0.25) is 0 Å². The summed E-state index contributed by atoms with van der Waals surface area (Å²) in [5.41, 5.74) is 0. The molecule has 1 aliphatic rings. The molecule has 0 saturated carbocycles. The molecule has 2 heterocycles. The minimum absolute atomic E-state index is 0.376. The molecule has 0 unspecified atom stereocenters. The number of aromatic amines is 1. The van der Waals surface area contributed by atoms with E-state index in [0.29, 0.717) is 5.92 Å². The van der Waals surface area contributed by atoms with Crippen LogP contribution in [0.5, 0.6) is 0 Å². The van der Waals surface area contributed by atoms with E-state index in [0.717, 1.165) is 44.5 Å². The van der Waals surface area contributed by atoms with E-state index < -0.39 is 5.97 Å². The Balaban J connectivity index is 1.70. The first-order valence-corrected chi connectivity index (χ1v) is 5.94. The van der Waals surface area contributed by atoms with Crippen LogP contribution in [0.15, 0.2) is 0 Å². The first-order valence-electron chi connectivity index (χ1n) is 5.94. The number of tetrazole rings is 1. The number of carboxylic acid groups (broad SMARTS) is 1. The van der Waals surface area contributed by atoms with Crippen molar-refractivity contribution in [3.8, 4) is 0 Å². The first kappa shape index (κ1) is 12.0. The van der Waals surface area contributed by atoms with Gasteiger partial charge in [-0.05, 0) is 38.1 Å². The predicted octanol–water partition coefficient (Wildman–Crippen LogP) is -0.0248. The number of H-pyrrole nitrogens is 1. The fourth-order valence-electron chi connectivity index (χ4n) is 2.28. The fraction of sp³-hybridized carbons (Fsp3) is 0.800. The second kappa shape index (κ2) is 5.72. The number of carboxylic acids is 1. The molecule has 0 amide bonds. The van der Waals surface area contributed by atoms with Gasteiger partial charge in [-0.1, -0.05) is 5.21 Å². The SMILES string of the molecule is O=C(O)[C@@H]1C[C@H](CCCc2nn[nH]n2)CCN1. The molecular weight excluding hydrogens is 222 g/mol. The Labute approximate surface area is 99.0 Å². The minimum atomic E-state index is -0.743. The van der Waals surface area contributed by atoms with Crippen LogP contribution in [0.4, 0.5) is 0 Å². The summed E-state index contributed by atoms with van der Waals surface area (Å²) in [4.78, 5) is 10.9. The lowest BCUT2D eigenvalue weighted by Crippen LogP contribution is -2.43. The van der Waals surface area contributed by atoms with Gasteiger partial charge in [-0.25, -0.2) is 0 Å². The maximum Gasteiger partial charge on any atom is 0.320 e. The third-order valence-corrected chi connectivity index (χ3v) is 3.21. The Morgan fingerprint density at radius 2 is 2.41 bits per heavy atom. The van der Waals surface area contributed by atoms with E-state index in [-0.39, 0.29) is 6.04 Å². The Bertz CT molecular complexity index is 354.